The summed E-state index contributed by atoms with van der Waals surface area (Å²) < 4.78 is 38.2. The Bertz CT molecular complexity index is 675. The molecule has 2 rings (SSSR count). The maximum atomic E-state index is 12.2. The van der Waals surface area contributed by atoms with Crippen LogP contribution >= 0.6 is 12.2 Å². The molecule has 3 nitrogen and oxygen atoms in total. The van der Waals surface area contributed by atoms with Crippen molar-refractivity contribution in [1.29, 1.82) is 5.26 Å². The minimum atomic E-state index is -4.23. The number of alkyl halides is 3. The van der Waals surface area contributed by atoms with Crippen molar-refractivity contribution in [2.24, 2.45) is 0 Å². The number of fused-ring (bicyclic) bond motifs is 1. The number of rotatable bonds is 2. The molecule has 0 aliphatic rings. The maximum absolute atomic E-state index is 12.2. The highest BCUT2D eigenvalue weighted by Gasteiger charge is 2.27. The number of hydrogen-bond donors (Lipinski definition) is 1. The Kier molecular flexibility index (Phi) is 3.13. The zero-order chi connectivity index (χ0) is 13.3. The van der Waals surface area contributed by atoms with E-state index in [1.807, 2.05) is 6.07 Å². The van der Waals surface area contributed by atoms with E-state index in [2.05, 4.69) is 4.98 Å². The number of hydrogen-bond acceptors (Lipinski definition) is 2. The fourth-order valence-corrected chi connectivity index (χ4v) is 1.98. The molecule has 0 aliphatic carbocycles. The van der Waals surface area contributed by atoms with E-state index in [-0.39, 0.29) is 11.3 Å². The minimum Gasteiger partial charge on any atom is -0.331 e. The highest BCUT2D eigenvalue weighted by molar-refractivity contribution is 7.71. The first-order chi connectivity index (χ1) is 8.40. The number of nitrogens with zero attached hydrogens (tertiary/aromatic N) is 2. The van der Waals surface area contributed by atoms with E-state index in [9.17, 15) is 13.2 Å². The van der Waals surface area contributed by atoms with E-state index >= 15 is 0 Å². The Morgan fingerprint density at radius 1 is 1.39 bits per heavy atom. The topological polar surface area (TPSA) is 44.5 Å². The van der Waals surface area contributed by atoms with Crippen molar-refractivity contribution < 1.29 is 13.2 Å². The lowest BCUT2D eigenvalue weighted by molar-refractivity contribution is -0.136. The summed E-state index contributed by atoms with van der Waals surface area (Å²) in [6.07, 6.45) is -5.18. The molecule has 0 bridgehead atoms. The van der Waals surface area contributed by atoms with E-state index in [0.717, 1.165) is 0 Å². The molecule has 0 saturated heterocycles. The summed E-state index contributed by atoms with van der Waals surface area (Å²) in [7, 11) is 0. The van der Waals surface area contributed by atoms with Crippen molar-refractivity contribution in [3.63, 3.8) is 0 Å². The van der Waals surface area contributed by atoms with Crippen LogP contribution in [-0.2, 0) is 6.54 Å². The second-order valence-corrected chi connectivity index (χ2v) is 4.18. The first-order valence-corrected chi connectivity index (χ1v) is 5.51. The molecule has 18 heavy (non-hydrogen) atoms. The summed E-state index contributed by atoms with van der Waals surface area (Å²) in [4.78, 5) is 2.82. The summed E-state index contributed by atoms with van der Waals surface area (Å²) in [6, 6.07) is 6.69. The van der Waals surface area contributed by atoms with E-state index in [4.69, 9.17) is 17.5 Å². The largest absolute Gasteiger partial charge is 0.390 e. The molecular formula is C11H8F3N3S. The van der Waals surface area contributed by atoms with E-state index in [0.29, 0.717) is 16.6 Å². The number of benzene rings is 1. The molecule has 1 aromatic heterocycles. The van der Waals surface area contributed by atoms with Gasteiger partial charge >= 0.3 is 6.18 Å². The average Bonchev–Trinajstić information content (AvgIpc) is 2.60. The van der Waals surface area contributed by atoms with Crippen LogP contribution in [0.4, 0.5) is 13.2 Å². The lowest BCUT2D eigenvalue weighted by Gasteiger charge is -2.07. The molecule has 0 saturated carbocycles. The predicted octanol–water partition coefficient (Wildman–Crippen LogP) is 3.52. The summed E-state index contributed by atoms with van der Waals surface area (Å²) >= 11 is 4.98. The van der Waals surface area contributed by atoms with Crippen LogP contribution in [0, 0.1) is 16.1 Å². The van der Waals surface area contributed by atoms with Crippen LogP contribution in [0.5, 0.6) is 0 Å². The van der Waals surface area contributed by atoms with Crippen molar-refractivity contribution in [1.82, 2.24) is 9.55 Å². The van der Waals surface area contributed by atoms with E-state index < -0.39 is 12.6 Å². The van der Waals surface area contributed by atoms with Crippen LogP contribution < -0.4 is 0 Å². The van der Waals surface area contributed by atoms with Gasteiger partial charge in [0.05, 0.1) is 29.1 Å². The first kappa shape index (κ1) is 12.6. The van der Waals surface area contributed by atoms with Gasteiger partial charge in [-0.2, -0.15) is 18.4 Å². The third-order valence-electron chi connectivity index (χ3n) is 2.52. The molecule has 94 valence electrons. The molecule has 0 radical (unpaired) electrons. The maximum Gasteiger partial charge on any atom is 0.390 e. The lowest BCUT2D eigenvalue weighted by atomic mass is 10.2. The molecule has 0 fully saturated rings. The highest BCUT2D eigenvalue weighted by Crippen LogP contribution is 2.23. The Labute approximate surface area is 105 Å². The molecule has 0 unspecified atom stereocenters. The third kappa shape index (κ3) is 2.54. The molecule has 1 heterocycles. The molecule has 0 atom stereocenters. The van der Waals surface area contributed by atoms with Gasteiger partial charge in [-0.15, -0.1) is 0 Å². The monoisotopic (exact) mass is 271 g/mol. The molecular weight excluding hydrogens is 263 g/mol. The fraction of sp³-hybridized carbons (Fsp3) is 0.273. The van der Waals surface area contributed by atoms with Crippen molar-refractivity contribution in [3.8, 4) is 6.07 Å². The minimum absolute atomic E-state index is 0.226. The quantitative estimate of drug-likeness (QED) is 0.849. The number of aryl methyl sites for hydroxylation is 1. The van der Waals surface area contributed by atoms with Gasteiger partial charge in [-0.05, 0) is 30.4 Å². The van der Waals surface area contributed by atoms with Crippen LogP contribution in [-0.4, -0.2) is 15.7 Å². The van der Waals surface area contributed by atoms with Gasteiger partial charge in [0.15, 0.2) is 4.77 Å². The summed E-state index contributed by atoms with van der Waals surface area (Å²) in [5.74, 6) is 0. The Morgan fingerprint density at radius 2 is 2.11 bits per heavy atom. The average molecular weight is 271 g/mol. The van der Waals surface area contributed by atoms with Gasteiger partial charge in [-0.3, -0.25) is 0 Å². The van der Waals surface area contributed by atoms with Crippen molar-refractivity contribution in [3.05, 3.63) is 28.5 Å². The van der Waals surface area contributed by atoms with Crippen LogP contribution in [0.2, 0.25) is 0 Å². The number of nitriles is 1. The van der Waals surface area contributed by atoms with E-state index in [1.165, 1.54) is 10.6 Å². The molecule has 1 N–H and O–H groups in total. The van der Waals surface area contributed by atoms with Crippen LogP contribution in [0.15, 0.2) is 18.2 Å². The van der Waals surface area contributed by atoms with Gasteiger partial charge in [-0.1, -0.05) is 0 Å². The van der Waals surface area contributed by atoms with E-state index in [1.54, 1.807) is 12.1 Å². The van der Waals surface area contributed by atoms with Crippen LogP contribution in [0.25, 0.3) is 11.0 Å². The highest BCUT2D eigenvalue weighted by atomic mass is 32.1. The molecule has 1 aromatic carbocycles. The van der Waals surface area contributed by atoms with Crippen LogP contribution in [0.1, 0.15) is 12.0 Å². The summed E-state index contributed by atoms with van der Waals surface area (Å²) in [6.45, 7) is -0.253. The van der Waals surface area contributed by atoms with Gasteiger partial charge in [-0.25, -0.2) is 0 Å². The number of imidazole rings is 1. The lowest BCUT2D eigenvalue weighted by Crippen LogP contribution is -2.12. The molecule has 7 heteroatoms. The molecule has 0 amide bonds. The fourth-order valence-electron chi connectivity index (χ4n) is 1.68. The number of aromatic amines is 1. The summed E-state index contributed by atoms with van der Waals surface area (Å²) in [5.41, 5.74) is 1.53. The number of aromatic nitrogens is 2. The number of nitrogens with one attached hydrogen (secondary N) is 1. The standard InChI is InChI=1S/C11H8F3N3S/c12-11(13,14)3-4-17-9-5-7(6-15)1-2-8(9)16-10(17)18/h1-2,5H,3-4H2,(H,16,18). The van der Waals surface area contributed by atoms with Gasteiger partial charge in [0.2, 0.25) is 0 Å². The Morgan fingerprint density at radius 3 is 2.72 bits per heavy atom. The Hall–Kier alpha value is -1.81. The third-order valence-corrected chi connectivity index (χ3v) is 2.85. The zero-order valence-electron chi connectivity index (χ0n) is 9.08. The SMILES string of the molecule is N#Cc1ccc2[nH]c(=S)n(CCC(F)(F)F)c2c1. The van der Waals surface area contributed by atoms with Crippen LogP contribution in [0.3, 0.4) is 0 Å². The smallest absolute Gasteiger partial charge is 0.331 e. The predicted molar refractivity (Wildman–Crippen MR) is 62.5 cm³/mol. The van der Waals surface area contributed by atoms with Crippen molar-refractivity contribution in [2.45, 2.75) is 19.1 Å². The summed E-state index contributed by atoms with van der Waals surface area (Å²) in [5, 5.41) is 8.78. The van der Waals surface area contributed by atoms with Crippen molar-refractivity contribution in [2.75, 3.05) is 0 Å². The Balaban J connectivity index is 2.46. The molecule has 2 aromatic rings. The van der Waals surface area contributed by atoms with Gasteiger partial charge in [0.1, 0.15) is 0 Å². The zero-order valence-corrected chi connectivity index (χ0v) is 9.90. The normalized spacial score (nSPS) is 11.7. The number of H-pyrrole nitrogens is 1. The van der Waals surface area contributed by atoms with Gasteiger partial charge < -0.3 is 9.55 Å². The van der Waals surface area contributed by atoms with Crippen molar-refractivity contribution >= 4 is 23.3 Å². The van der Waals surface area contributed by atoms with Gasteiger partial charge in [0, 0.05) is 6.54 Å². The second-order valence-electron chi connectivity index (χ2n) is 3.79. The molecule has 0 aliphatic heterocycles. The molecule has 0 spiro atoms. The number of halogens is 3. The van der Waals surface area contributed by atoms with Gasteiger partial charge in [0.25, 0.3) is 0 Å². The second kappa shape index (κ2) is 4.46. The first-order valence-electron chi connectivity index (χ1n) is 5.10.